The van der Waals surface area contributed by atoms with E-state index in [0.29, 0.717) is 12.2 Å². The van der Waals surface area contributed by atoms with E-state index in [-0.39, 0.29) is 11.8 Å². The van der Waals surface area contributed by atoms with Crippen LogP contribution in [0.2, 0.25) is 0 Å². The van der Waals surface area contributed by atoms with Crippen LogP contribution in [-0.4, -0.2) is 17.8 Å². The van der Waals surface area contributed by atoms with Crippen LogP contribution in [0.1, 0.15) is 12.5 Å². The van der Waals surface area contributed by atoms with Crippen molar-refractivity contribution in [1.82, 2.24) is 0 Å². The molecule has 24 heavy (non-hydrogen) atoms. The molecule has 3 rings (SSSR count). The van der Waals surface area contributed by atoms with E-state index in [4.69, 9.17) is 10.00 Å². The van der Waals surface area contributed by atoms with Crippen molar-refractivity contribution < 1.29 is 9.53 Å². The quantitative estimate of drug-likeness (QED) is 0.841. The van der Waals surface area contributed by atoms with Crippen molar-refractivity contribution in [2.24, 2.45) is 5.92 Å². The molecule has 4 nitrogen and oxygen atoms in total. The second kappa shape index (κ2) is 7.41. The molecule has 0 radical (unpaired) electrons. The van der Waals surface area contributed by atoms with Crippen molar-refractivity contribution in [3.05, 3.63) is 54.1 Å². The summed E-state index contributed by atoms with van der Waals surface area (Å²) >= 11 is 1.57. The molecule has 0 unspecified atom stereocenters. The molecule has 0 aliphatic carbocycles. The first-order valence-corrected chi connectivity index (χ1v) is 8.83. The SMILES string of the molecule is C[C@@H](C#N)CSc1ccccc1NC(=O)[C@@H]1Cc2ccccc2O1. The molecule has 0 fully saturated rings. The van der Waals surface area contributed by atoms with Crippen LogP contribution in [0.5, 0.6) is 5.75 Å². The maximum absolute atomic E-state index is 12.5. The largest absolute Gasteiger partial charge is 0.480 e. The number of hydrogen-bond acceptors (Lipinski definition) is 4. The number of nitrogens with one attached hydrogen (secondary N) is 1. The maximum Gasteiger partial charge on any atom is 0.265 e. The van der Waals surface area contributed by atoms with E-state index in [9.17, 15) is 4.79 Å². The Morgan fingerprint density at radius 2 is 2.08 bits per heavy atom. The van der Waals surface area contributed by atoms with E-state index in [0.717, 1.165) is 21.9 Å². The van der Waals surface area contributed by atoms with Gasteiger partial charge in [-0.1, -0.05) is 30.3 Å². The Kier molecular flexibility index (Phi) is 5.07. The molecule has 1 heterocycles. The summed E-state index contributed by atoms with van der Waals surface area (Å²) in [6.45, 7) is 1.89. The molecule has 0 spiro atoms. The van der Waals surface area contributed by atoms with Gasteiger partial charge in [-0.2, -0.15) is 5.26 Å². The van der Waals surface area contributed by atoms with Gasteiger partial charge in [-0.25, -0.2) is 0 Å². The molecule has 2 aromatic rings. The fraction of sp³-hybridized carbons (Fsp3) is 0.263. The first-order chi connectivity index (χ1) is 11.7. The number of fused-ring (bicyclic) bond motifs is 1. The fourth-order valence-corrected chi connectivity index (χ4v) is 3.44. The second-order valence-electron chi connectivity index (χ2n) is 5.74. The van der Waals surface area contributed by atoms with Crippen molar-refractivity contribution in [2.45, 2.75) is 24.3 Å². The lowest BCUT2D eigenvalue weighted by atomic mass is 10.1. The highest BCUT2D eigenvalue weighted by Crippen LogP contribution is 2.31. The summed E-state index contributed by atoms with van der Waals surface area (Å²) in [6, 6.07) is 17.6. The topological polar surface area (TPSA) is 62.1 Å². The molecule has 2 atom stereocenters. The second-order valence-corrected chi connectivity index (χ2v) is 6.81. The van der Waals surface area contributed by atoms with E-state index in [1.165, 1.54) is 0 Å². The Labute approximate surface area is 145 Å². The van der Waals surface area contributed by atoms with Gasteiger partial charge in [-0.15, -0.1) is 11.8 Å². The van der Waals surface area contributed by atoms with Gasteiger partial charge in [0.15, 0.2) is 6.10 Å². The Hall–Kier alpha value is -2.45. The van der Waals surface area contributed by atoms with Gasteiger partial charge < -0.3 is 10.1 Å². The Morgan fingerprint density at radius 3 is 2.88 bits per heavy atom. The first-order valence-electron chi connectivity index (χ1n) is 7.84. The van der Waals surface area contributed by atoms with Crippen molar-refractivity contribution in [2.75, 3.05) is 11.1 Å². The highest BCUT2D eigenvalue weighted by atomic mass is 32.2. The molecule has 0 saturated carbocycles. The molecule has 1 aliphatic heterocycles. The summed E-state index contributed by atoms with van der Waals surface area (Å²) < 4.78 is 5.73. The smallest absolute Gasteiger partial charge is 0.265 e. The number of hydrogen-bond donors (Lipinski definition) is 1. The zero-order chi connectivity index (χ0) is 16.9. The van der Waals surface area contributed by atoms with E-state index in [1.54, 1.807) is 11.8 Å². The molecular formula is C19H18N2O2S. The number of ether oxygens (including phenoxy) is 1. The number of nitrogens with zero attached hydrogens (tertiary/aromatic N) is 1. The number of benzene rings is 2. The van der Waals surface area contributed by atoms with E-state index in [2.05, 4.69) is 11.4 Å². The van der Waals surface area contributed by atoms with Gasteiger partial charge in [0.05, 0.1) is 17.7 Å². The molecule has 1 amide bonds. The Bertz CT molecular complexity index is 760. The predicted molar refractivity (Wildman–Crippen MR) is 95.1 cm³/mol. The summed E-state index contributed by atoms with van der Waals surface area (Å²) in [5.74, 6) is 1.29. The van der Waals surface area contributed by atoms with Crippen LogP contribution in [-0.2, 0) is 11.2 Å². The number of amides is 1. The van der Waals surface area contributed by atoms with Gasteiger partial charge in [0.25, 0.3) is 5.91 Å². The number of carbonyl (C=O) groups excluding carboxylic acids is 1. The van der Waals surface area contributed by atoms with Gasteiger partial charge in [0, 0.05) is 17.1 Å². The minimum atomic E-state index is -0.501. The lowest BCUT2D eigenvalue weighted by Gasteiger charge is -2.14. The predicted octanol–water partition coefficient (Wildman–Crippen LogP) is 3.88. The maximum atomic E-state index is 12.5. The Morgan fingerprint density at radius 1 is 1.33 bits per heavy atom. The van der Waals surface area contributed by atoms with Crippen LogP contribution < -0.4 is 10.1 Å². The first kappa shape index (κ1) is 16.4. The molecule has 122 valence electrons. The Balaban J connectivity index is 1.66. The van der Waals surface area contributed by atoms with Crippen molar-refractivity contribution >= 4 is 23.4 Å². The van der Waals surface area contributed by atoms with E-state index >= 15 is 0 Å². The average Bonchev–Trinajstić information content (AvgIpc) is 3.05. The number of rotatable bonds is 5. The van der Waals surface area contributed by atoms with Gasteiger partial charge in [-0.05, 0) is 30.7 Å². The molecule has 0 bridgehead atoms. The molecular weight excluding hydrogens is 320 g/mol. The lowest BCUT2D eigenvalue weighted by Crippen LogP contribution is -2.31. The van der Waals surface area contributed by atoms with Crippen LogP contribution >= 0.6 is 11.8 Å². The molecule has 1 aliphatic rings. The van der Waals surface area contributed by atoms with Gasteiger partial charge in [0.1, 0.15) is 5.75 Å². The van der Waals surface area contributed by atoms with Crippen LogP contribution in [0.3, 0.4) is 0 Å². The molecule has 0 saturated heterocycles. The van der Waals surface area contributed by atoms with Crippen molar-refractivity contribution in [3.8, 4) is 11.8 Å². The van der Waals surface area contributed by atoms with Gasteiger partial charge in [0.2, 0.25) is 0 Å². The summed E-state index contributed by atoms with van der Waals surface area (Å²) in [4.78, 5) is 13.5. The third-order valence-corrected chi connectivity index (χ3v) is 5.13. The average molecular weight is 338 g/mol. The third kappa shape index (κ3) is 3.72. The summed E-state index contributed by atoms with van der Waals surface area (Å²) in [5, 5.41) is 11.9. The van der Waals surface area contributed by atoms with Crippen molar-refractivity contribution in [1.29, 1.82) is 5.26 Å². The highest BCUT2D eigenvalue weighted by molar-refractivity contribution is 7.99. The monoisotopic (exact) mass is 338 g/mol. The van der Waals surface area contributed by atoms with Gasteiger partial charge >= 0.3 is 0 Å². The molecule has 2 aromatic carbocycles. The number of anilines is 1. The van der Waals surface area contributed by atoms with Crippen LogP contribution in [0.4, 0.5) is 5.69 Å². The molecule has 5 heteroatoms. The van der Waals surface area contributed by atoms with Crippen LogP contribution in [0.15, 0.2) is 53.4 Å². The van der Waals surface area contributed by atoms with Crippen molar-refractivity contribution in [3.63, 3.8) is 0 Å². The van der Waals surface area contributed by atoms with E-state index in [1.807, 2.05) is 55.5 Å². The highest BCUT2D eigenvalue weighted by Gasteiger charge is 2.29. The third-order valence-electron chi connectivity index (χ3n) is 3.79. The van der Waals surface area contributed by atoms with Gasteiger partial charge in [-0.3, -0.25) is 4.79 Å². The minimum absolute atomic E-state index is 0.0357. The number of carbonyl (C=O) groups is 1. The zero-order valence-electron chi connectivity index (χ0n) is 13.4. The lowest BCUT2D eigenvalue weighted by molar-refractivity contribution is -0.122. The molecule has 1 N–H and O–H groups in total. The summed E-state index contributed by atoms with van der Waals surface area (Å²) in [6.07, 6.45) is 0.0847. The summed E-state index contributed by atoms with van der Waals surface area (Å²) in [7, 11) is 0. The number of para-hydroxylation sites is 2. The van der Waals surface area contributed by atoms with Crippen LogP contribution in [0.25, 0.3) is 0 Å². The zero-order valence-corrected chi connectivity index (χ0v) is 14.2. The number of nitriles is 1. The number of thioether (sulfide) groups is 1. The van der Waals surface area contributed by atoms with E-state index < -0.39 is 6.10 Å². The standard InChI is InChI=1S/C19H18N2O2S/c1-13(11-20)12-24-18-9-5-3-7-15(18)21-19(22)17-10-14-6-2-4-8-16(14)23-17/h2-9,13,17H,10,12H2,1H3,(H,21,22)/t13-,17-/m0/s1. The molecule has 0 aromatic heterocycles. The summed E-state index contributed by atoms with van der Waals surface area (Å²) in [5.41, 5.74) is 1.82. The van der Waals surface area contributed by atoms with Crippen LogP contribution in [0, 0.1) is 17.2 Å². The fourth-order valence-electron chi connectivity index (χ4n) is 2.49. The normalized spacial score (nSPS) is 16.6. The minimum Gasteiger partial charge on any atom is -0.480 e.